The third kappa shape index (κ3) is 5.20. The van der Waals surface area contributed by atoms with Gasteiger partial charge in [0.15, 0.2) is 0 Å². The molecule has 0 unspecified atom stereocenters. The van der Waals surface area contributed by atoms with Crippen LogP contribution in [-0.4, -0.2) is 29.6 Å². The number of amides is 2. The van der Waals surface area contributed by atoms with Crippen LogP contribution in [0.2, 0.25) is 0 Å². The van der Waals surface area contributed by atoms with Crippen LogP contribution in [0.15, 0.2) is 53.8 Å². The number of hydrogen-bond acceptors (Lipinski definition) is 5. The number of nitrogens with one attached hydrogen (secondary N) is 2. The van der Waals surface area contributed by atoms with E-state index >= 15 is 0 Å². The van der Waals surface area contributed by atoms with Crippen LogP contribution >= 0.6 is 0 Å². The Morgan fingerprint density at radius 3 is 2.54 bits per heavy atom. The maximum atomic E-state index is 11.9. The number of aromatic nitrogens is 1. The zero-order chi connectivity index (χ0) is 17.4. The van der Waals surface area contributed by atoms with Gasteiger partial charge in [-0.3, -0.25) is 14.6 Å². The maximum Gasteiger partial charge on any atom is 0.289 e. The Labute approximate surface area is 139 Å². The number of hydrazone groups is 1. The molecule has 2 amide bonds. The van der Waals surface area contributed by atoms with Crippen molar-refractivity contribution in [3.05, 3.63) is 54.4 Å². The van der Waals surface area contributed by atoms with E-state index in [4.69, 9.17) is 4.74 Å². The van der Waals surface area contributed by atoms with E-state index in [0.29, 0.717) is 17.1 Å². The molecule has 2 N–H and O–H groups in total. The van der Waals surface area contributed by atoms with Gasteiger partial charge in [0.25, 0.3) is 5.91 Å². The van der Waals surface area contributed by atoms with Crippen molar-refractivity contribution in [1.29, 1.82) is 0 Å². The molecule has 24 heavy (non-hydrogen) atoms. The maximum absolute atomic E-state index is 11.9. The van der Waals surface area contributed by atoms with Crippen molar-refractivity contribution >= 4 is 23.2 Å². The third-order valence-corrected chi connectivity index (χ3v) is 3.04. The lowest BCUT2D eigenvalue weighted by Gasteiger charge is -2.06. The molecular formula is C17H18N4O3. The Bertz CT molecular complexity index is 727. The summed E-state index contributed by atoms with van der Waals surface area (Å²) in [4.78, 5) is 27.7. The predicted molar refractivity (Wildman–Crippen MR) is 91.1 cm³/mol. The molecule has 0 aliphatic heterocycles. The number of carbonyl (C=O) groups excluding carboxylic acids is 2. The molecule has 0 bridgehead atoms. The lowest BCUT2D eigenvalue weighted by molar-refractivity contribution is -0.115. The highest BCUT2D eigenvalue weighted by atomic mass is 16.5. The van der Waals surface area contributed by atoms with Gasteiger partial charge in [0.2, 0.25) is 5.91 Å². The van der Waals surface area contributed by atoms with E-state index < -0.39 is 5.91 Å². The van der Waals surface area contributed by atoms with Gasteiger partial charge in [-0.1, -0.05) is 6.07 Å². The van der Waals surface area contributed by atoms with Gasteiger partial charge in [-0.15, -0.1) is 0 Å². The highest BCUT2D eigenvalue weighted by Crippen LogP contribution is 2.15. The largest absolute Gasteiger partial charge is 0.497 e. The summed E-state index contributed by atoms with van der Waals surface area (Å²) in [7, 11) is 1.58. The summed E-state index contributed by atoms with van der Waals surface area (Å²) in [6, 6.07) is 12.0. The van der Waals surface area contributed by atoms with E-state index in [1.807, 2.05) is 0 Å². The first-order chi connectivity index (χ1) is 11.6. The molecule has 0 radical (unpaired) electrons. The molecule has 124 valence electrons. The zero-order valence-electron chi connectivity index (χ0n) is 13.4. The molecule has 1 aromatic carbocycles. The second-order valence-corrected chi connectivity index (χ2v) is 4.96. The van der Waals surface area contributed by atoms with Crippen molar-refractivity contribution in [2.45, 2.75) is 13.3 Å². The van der Waals surface area contributed by atoms with Gasteiger partial charge in [0.05, 0.1) is 13.5 Å². The average molecular weight is 326 g/mol. The van der Waals surface area contributed by atoms with Crippen LogP contribution in [0, 0.1) is 0 Å². The molecule has 0 atom stereocenters. The number of anilines is 1. The number of nitrogens with zero attached hydrogens (tertiary/aromatic N) is 2. The van der Waals surface area contributed by atoms with E-state index in [1.165, 1.54) is 6.20 Å². The molecule has 0 spiro atoms. The molecule has 7 nitrogen and oxygen atoms in total. The van der Waals surface area contributed by atoms with Crippen molar-refractivity contribution < 1.29 is 14.3 Å². The Kier molecular flexibility index (Phi) is 6.01. The minimum atomic E-state index is -0.425. The number of pyridine rings is 1. The first-order valence-electron chi connectivity index (χ1n) is 7.27. The lowest BCUT2D eigenvalue weighted by Crippen LogP contribution is -2.22. The SMILES string of the molecule is COc1ccc(NC(=O)C/C(C)=N\NC(=O)c2ccccn2)cc1. The van der Waals surface area contributed by atoms with Crippen molar-refractivity contribution in [1.82, 2.24) is 10.4 Å². The van der Waals surface area contributed by atoms with Crippen molar-refractivity contribution in [2.24, 2.45) is 5.10 Å². The fourth-order valence-corrected chi connectivity index (χ4v) is 1.85. The molecule has 0 saturated carbocycles. The molecule has 0 fully saturated rings. The fourth-order valence-electron chi connectivity index (χ4n) is 1.85. The highest BCUT2D eigenvalue weighted by molar-refractivity contribution is 6.06. The molecule has 0 aliphatic rings. The van der Waals surface area contributed by atoms with Gasteiger partial charge in [-0.25, -0.2) is 5.43 Å². The topological polar surface area (TPSA) is 92.7 Å². The van der Waals surface area contributed by atoms with Gasteiger partial charge in [0.1, 0.15) is 11.4 Å². The van der Waals surface area contributed by atoms with Gasteiger partial charge in [-0.2, -0.15) is 5.10 Å². The summed E-state index contributed by atoms with van der Waals surface area (Å²) in [6.45, 7) is 1.66. The number of carbonyl (C=O) groups is 2. The Hall–Kier alpha value is -3.22. The molecule has 7 heteroatoms. The summed E-state index contributed by atoms with van der Waals surface area (Å²) in [5.74, 6) is 0.0574. The lowest BCUT2D eigenvalue weighted by atomic mass is 10.2. The predicted octanol–water partition coefficient (Wildman–Crippen LogP) is 2.22. The van der Waals surface area contributed by atoms with Crippen LogP contribution < -0.4 is 15.5 Å². The molecule has 0 saturated heterocycles. The molecular weight excluding hydrogens is 308 g/mol. The summed E-state index contributed by atoms with van der Waals surface area (Å²) in [5, 5.41) is 6.65. The van der Waals surface area contributed by atoms with E-state index in [2.05, 4.69) is 20.8 Å². The molecule has 0 aliphatic carbocycles. The number of ether oxygens (including phenoxy) is 1. The van der Waals surface area contributed by atoms with Gasteiger partial charge >= 0.3 is 0 Å². The summed E-state index contributed by atoms with van der Waals surface area (Å²) < 4.78 is 5.05. The average Bonchev–Trinajstić information content (AvgIpc) is 2.61. The quantitative estimate of drug-likeness (QED) is 0.629. The summed E-state index contributed by atoms with van der Waals surface area (Å²) in [5.41, 5.74) is 3.77. The van der Waals surface area contributed by atoms with Crippen molar-refractivity contribution in [3.63, 3.8) is 0 Å². The van der Waals surface area contributed by atoms with Gasteiger partial charge < -0.3 is 10.1 Å². The van der Waals surface area contributed by atoms with Crippen LogP contribution in [0.5, 0.6) is 5.75 Å². The number of hydrogen-bond donors (Lipinski definition) is 2. The molecule has 1 aromatic heterocycles. The monoisotopic (exact) mass is 326 g/mol. The van der Waals surface area contributed by atoms with Crippen LogP contribution in [0.3, 0.4) is 0 Å². The van der Waals surface area contributed by atoms with Crippen molar-refractivity contribution in [2.75, 3.05) is 12.4 Å². The van der Waals surface area contributed by atoms with Crippen LogP contribution in [0.4, 0.5) is 5.69 Å². The van der Waals surface area contributed by atoms with E-state index in [-0.39, 0.29) is 18.0 Å². The van der Waals surface area contributed by atoms with Gasteiger partial charge in [0, 0.05) is 17.6 Å². The Morgan fingerprint density at radius 2 is 1.92 bits per heavy atom. The second kappa shape index (κ2) is 8.42. The Balaban J connectivity index is 1.85. The molecule has 2 rings (SSSR count). The Morgan fingerprint density at radius 1 is 1.17 bits per heavy atom. The highest BCUT2D eigenvalue weighted by Gasteiger charge is 2.07. The standard InChI is InChI=1S/C17H18N4O3/c1-12(20-21-17(23)15-5-3-4-10-18-15)11-16(22)19-13-6-8-14(24-2)9-7-13/h3-10H,11H2,1-2H3,(H,19,22)(H,21,23)/b20-12-. The minimum Gasteiger partial charge on any atom is -0.497 e. The smallest absolute Gasteiger partial charge is 0.289 e. The number of rotatable bonds is 6. The van der Waals surface area contributed by atoms with Crippen LogP contribution in [0.1, 0.15) is 23.8 Å². The zero-order valence-corrected chi connectivity index (χ0v) is 13.4. The summed E-state index contributed by atoms with van der Waals surface area (Å²) in [6.07, 6.45) is 1.59. The van der Waals surface area contributed by atoms with Gasteiger partial charge in [-0.05, 0) is 43.3 Å². The van der Waals surface area contributed by atoms with Crippen molar-refractivity contribution in [3.8, 4) is 5.75 Å². The van der Waals surface area contributed by atoms with E-state index in [0.717, 1.165) is 0 Å². The second-order valence-electron chi connectivity index (χ2n) is 4.96. The number of methoxy groups -OCH3 is 1. The molecule has 2 aromatic rings. The minimum absolute atomic E-state index is 0.0640. The first-order valence-corrected chi connectivity index (χ1v) is 7.27. The number of benzene rings is 1. The third-order valence-electron chi connectivity index (χ3n) is 3.04. The summed E-state index contributed by atoms with van der Waals surface area (Å²) >= 11 is 0. The van der Waals surface area contributed by atoms with E-state index in [9.17, 15) is 9.59 Å². The normalized spacial score (nSPS) is 10.8. The van der Waals surface area contributed by atoms with Crippen LogP contribution in [0.25, 0.3) is 0 Å². The van der Waals surface area contributed by atoms with Crippen LogP contribution in [-0.2, 0) is 4.79 Å². The first kappa shape index (κ1) is 17.1. The van der Waals surface area contributed by atoms with E-state index in [1.54, 1.807) is 56.5 Å². The molecule has 1 heterocycles. The fraction of sp³-hybridized carbons (Fsp3) is 0.176.